The Morgan fingerprint density at radius 3 is 2.53 bits per heavy atom. The molecule has 1 N–H and O–H groups in total. The van der Waals surface area contributed by atoms with Gasteiger partial charge in [-0.1, -0.05) is 36.9 Å². The predicted molar refractivity (Wildman–Crippen MR) is 148 cm³/mol. The summed E-state index contributed by atoms with van der Waals surface area (Å²) in [7, 11) is 0. The number of anilines is 1. The molecule has 5 heteroatoms. The van der Waals surface area contributed by atoms with Crippen LogP contribution in [-0.2, 0) is 4.74 Å². The van der Waals surface area contributed by atoms with Crippen LogP contribution in [0, 0.1) is 11.3 Å². The standard InChI is InChI=1S/C31H36N4O/c1-4-7-28(25-12-13-31(3,26(20-25)22-32)35-14-5-6-15-35)29-21-30(33-23(29)2)24-8-10-27(11-9-24)34-16-18-36-19-17-34/h4,7-12,20-21,33H,2,5-6,13-19H2,1,3H3/b7-4-,29-28+. The first kappa shape index (κ1) is 24.4. The number of ether oxygens (including phenoxy) is 1. The molecule has 36 heavy (non-hydrogen) atoms. The number of aromatic nitrogens is 1. The fourth-order valence-corrected chi connectivity index (χ4v) is 5.71. The Hall–Kier alpha value is -3.33. The Labute approximate surface area is 214 Å². The minimum Gasteiger partial charge on any atom is -0.378 e. The van der Waals surface area contributed by atoms with Gasteiger partial charge in [0.15, 0.2) is 0 Å². The number of hydrogen-bond donors (Lipinski definition) is 1. The van der Waals surface area contributed by atoms with Crippen LogP contribution in [0.5, 0.6) is 0 Å². The van der Waals surface area contributed by atoms with Crippen LogP contribution in [0.15, 0.2) is 65.8 Å². The van der Waals surface area contributed by atoms with Gasteiger partial charge in [0.05, 0.1) is 30.4 Å². The van der Waals surface area contributed by atoms with Crippen molar-refractivity contribution in [1.29, 1.82) is 5.26 Å². The number of nitrogens with one attached hydrogen (secondary N) is 1. The first-order valence-electron chi connectivity index (χ1n) is 13.1. The molecule has 5 rings (SSSR count). The van der Waals surface area contributed by atoms with E-state index < -0.39 is 0 Å². The van der Waals surface area contributed by atoms with Crippen molar-refractivity contribution in [2.24, 2.45) is 0 Å². The van der Waals surface area contributed by atoms with Crippen LogP contribution >= 0.6 is 0 Å². The van der Waals surface area contributed by atoms with Gasteiger partial charge in [-0.3, -0.25) is 4.90 Å². The quantitative estimate of drug-likeness (QED) is 0.694. The van der Waals surface area contributed by atoms with E-state index in [0.29, 0.717) is 0 Å². The summed E-state index contributed by atoms with van der Waals surface area (Å²) < 4.78 is 5.48. The number of benzene rings is 1. The van der Waals surface area contributed by atoms with Gasteiger partial charge in [-0.25, -0.2) is 0 Å². The molecule has 1 aliphatic carbocycles. The summed E-state index contributed by atoms with van der Waals surface area (Å²) in [6.07, 6.45) is 11.9. The summed E-state index contributed by atoms with van der Waals surface area (Å²) in [4.78, 5) is 8.35. The molecule has 0 spiro atoms. The van der Waals surface area contributed by atoms with E-state index in [2.05, 4.69) is 89.0 Å². The number of hydrogen-bond acceptors (Lipinski definition) is 4. The molecule has 1 unspecified atom stereocenters. The van der Waals surface area contributed by atoms with Crippen molar-refractivity contribution in [2.75, 3.05) is 44.3 Å². The first-order valence-corrected chi connectivity index (χ1v) is 13.1. The van der Waals surface area contributed by atoms with E-state index in [9.17, 15) is 5.26 Å². The zero-order chi connectivity index (χ0) is 25.1. The van der Waals surface area contributed by atoms with Gasteiger partial charge in [0.1, 0.15) is 0 Å². The number of nitrogens with zero attached hydrogens (tertiary/aromatic N) is 3. The van der Waals surface area contributed by atoms with Gasteiger partial charge in [0, 0.05) is 35.0 Å². The van der Waals surface area contributed by atoms with Gasteiger partial charge < -0.3 is 14.6 Å². The minimum absolute atomic E-state index is 0.214. The van der Waals surface area contributed by atoms with Crippen molar-refractivity contribution >= 4 is 17.8 Å². The van der Waals surface area contributed by atoms with Gasteiger partial charge in [-0.15, -0.1) is 0 Å². The molecule has 2 aromatic rings. The predicted octanol–water partition coefficient (Wildman–Crippen LogP) is 4.29. The van der Waals surface area contributed by atoms with E-state index >= 15 is 0 Å². The van der Waals surface area contributed by atoms with Crippen molar-refractivity contribution in [3.63, 3.8) is 0 Å². The zero-order valence-corrected chi connectivity index (χ0v) is 21.5. The molecule has 3 aliphatic rings. The highest BCUT2D eigenvalue weighted by Crippen LogP contribution is 2.37. The topological polar surface area (TPSA) is 55.3 Å². The first-order chi connectivity index (χ1) is 17.5. The summed E-state index contributed by atoms with van der Waals surface area (Å²) in [6.45, 7) is 14.2. The lowest BCUT2D eigenvalue weighted by atomic mass is 9.80. The van der Waals surface area contributed by atoms with E-state index in [4.69, 9.17) is 4.74 Å². The maximum absolute atomic E-state index is 10.1. The van der Waals surface area contributed by atoms with E-state index in [1.807, 2.05) is 6.92 Å². The molecule has 5 nitrogen and oxygen atoms in total. The second kappa shape index (κ2) is 10.3. The second-order valence-electron chi connectivity index (χ2n) is 10.1. The molecule has 0 bridgehead atoms. The number of morpholine rings is 1. The summed E-state index contributed by atoms with van der Waals surface area (Å²) in [6, 6.07) is 13.4. The second-order valence-corrected chi connectivity index (χ2v) is 10.1. The number of nitriles is 1. The lowest BCUT2D eigenvalue weighted by Gasteiger charge is -2.40. The van der Waals surface area contributed by atoms with Crippen LogP contribution in [0.4, 0.5) is 5.69 Å². The molecule has 3 heterocycles. The normalized spacial score (nSPS) is 24.0. The van der Waals surface area contributed by atoms with Gasteiger partial charge >= 0.3 is 0 Å². The Morgan fingerprint density at radius 2 is 1.86 bits per heavy atom. The van der Waals surface area contributed by atoms with Crippen LogP contribution in [0.2, 0.25) is 0 Å². The monoisotopic (exact) mass is 480 g/mol. The maximum Gasteiger partial charge on any atom is 0.0967 e. The summed E-state index contributed by atoms with van der Waals surface area (Å²) in [5.74, 6) is 0. The van der Waals surface area contributed by atoms with E-state index in [1.54, 1.807) is 0 Å². The van der Waals surface area contributed by atoms with Crippen LogP contribution in [0.3, 0.4) is 0 Å². The molecule has 186 valence electrons. The molecule has 1 aromatic heterocycles. The van der Waals surface area contributed by atoms with Crippen molar-refractivity contribution in [3.8, 4) is 17.3 Å². The minimum atomic E-state index is -0.214. The largest absolute Gasteiger partial charge is 0.378 e. The Morgan fingerprint density at radius 1 is 1.14 bits per heavy atom. The van der Waals surface area contributed by atoms with Crippen molar-refractivity contribution < 1.29 is 4.74 Å². The van der Waals surface area contributed by atoms with Crippen LogP contribution < -0.4 is 15.5 Å². The molecule has 0 saturated carbocycles. The third-order valence-corrected chi connectivity index (χ3v) is 7.91. The van der Waals surface area contributed by atoms with E-state index in [1.165, 1.54) is 18.5 Å². The number of likely N-dealkylation sites (tertiary alicyclic amines) is 1. The SMILES string of the molecule is C=c1[nH]c(-c2ccc(N3CCOCC3)cc2)c/c1=C(/C=C\C)C1=CCC(C)(N2CCCC2)C(C#N)=C1. The van der Waals surface area contributed by atoms with Gasteiger partial charge in [0.2, 0.25) is 0 Å². The lowest BCUT2D eigenvalue weighted by molar-refractivity contribution is 0.122. The number of rotatable bonds is 5. The number of aromatic amines is 1. The molecule has 1 atom stereocenters. The third kappa shape index (κ3) is 4.59. The molecule has 2 saturated heterocycles. The smallest absolute Gasteiger partial charge is 0.0967 e. The molecule has 0 radical (unpaired) electrons. The van der Waals surface area contributed by atoms with Gasteiger partial charge in [0.25, 0.3) is 0 Å². The summed E-state index contributed by atoms with van der Waals surface area (Å²) >= 11 is 0. The van der Waals surface area contributed by atoms with Crippen molar-refractivity contribution in [2.45, 2.75) is 38.6 Å². The summed E-state index contributed by atoms with van der Waals surface area (Å²) in [5, 5.41) is 12.0. The van der Waals surface area contributed by atoms with E-state index in [-0.39, 0.29) is 5.54 Å². The Bertz CT molecular complexity index is 1340. The Balaban J connectivity index is 1.49. The van der Waals surface area contributed by atoms with Crippen molar-refractivity contribution in [3.05, 3.63) is 76.3 Å². The maximum atomic E-state index is 10.1. The number of H-pyrrole nitrogens is 1. The average Bonchev–Trinajstić information content (AvgIpc) is 3.59. The fraction of sp³-hybridized carbons (Fsp3) is 0.387. The highest BCUT2D eigenvalue weighted by Gasteiger charge is 2.38. The highest BCUT2D eigenvalue weighted by molar-refractivity contribution is 5.79. The van der Waals surface area contributed by atoms with Crippen LogP contribution in [-0.4, -0.2) is 54.8 Å². The molecule has 2 fully saturated rings. The molecule has 0 amide bonds. The highest BCUT2D eigenvalue weighted by atomic mass is 16.5. The van der Waals surface area contributed by atoms with Crippen LogP contribution in [0.25, 0.3) is 23.4 Å². The summed E-state index contributed by atoms with van der Waals surface area (Å²) in [5.41, 5.74) is 6.25. The fourth-order valence-electron chi connectivity index (χ4n) is 5.71. The molecular formula is C31H36N4O. The van der Waals surface area contributed by atoms with Gasteiger partial charge in [-0.05, 0) is 87.2 Å². The third-order valence-electron chi connectivity index (χ3n) is 7.91. The average molecular weight is 481 g/mol. The molecule has 2 aliphatic heterocycles. The zero-order valence-electron chi connectivity index (χ0n) is 21.5. The number of allylic oxidation sites excluding steroid dienone is 4. The lowest BCUT2D eigenvalue weighted by Crippen LogP contribution is -2.46. The van der Waals surface area contributed by atoms with Crippen molar-refractivity contribution in [1.82, 2.24) is 9.88 Å². The van der Waals surface area contributed by atoms with E-state index in [0.717, 1.165) is 84.4 Å². The Kier molecular flexibility index (Phi) is 7.00. The van der Waals surface area contributed by atoms with Crippen LogP contribution in [0.1, 0.15) is 33.1 Å². The molecule has 1 aromatic carbocycles. The molecular weight excluding hydrogens is 444 g/mol. The van der Waals surface area contributed by atoms with Gasteiger partial charge in [-0.2, -0.15) is 5.26 Å².